The van der Waals surface area contributed by atoms with Gasteiger partial charge < -0.3 is 9.84 Å². The van der Waals surface area contributed by atoms with Crippen LogP contribution in [0.2, 0.25) is 0 Å². The lowest BCUT2D eigenvalue weighted by Crippen LogP contribution is -2.50. The van der Waals surface area contributed by atoms with Crippen LogP contribution < -0.4 is 0 Å². The summed E-state index contributed by atoms with van der Waals surface area (Å²) in [6.07, 6.45) is 0. The van der Waals surface area contributed by atoms with E-state index in [2.05, 4.69) is 0 Å². The monoisotopic (exact) mass is 303 g/mol. The lowest BCUT2D eigenvalue weighted by Gasteiger charge is -2.37. The van der Waals surface area contributed by atoms with E-state index in [0.717, 1.165) is 6.07 Å². The van der Waals surface area contributed by atoms with E-state index in [1.165, 1.54) is 16.4 Å². The molecule has 0 unspecified atom stereocenters. The van der Waals surface area contributed by atoms with Crippen molar-refractivity contribution in [2.24, 2.45) is 0 Å². The Bertz CT molecular complexity index is 600. The highest BCUT2D eigenvalue weighted by Gasteiger charge is 2.36. The molecule has 1 saturated heterocycles. The average Bonchev–Trinajstić information content (AvgIpc) is 2.37. The number of nitrogens with zero attached hydrogens (tertiary/aromatic N) is 1. The van der Waals surface area contributed by atoms with Crippen LogP contribution in [-0.4, -0.2) is 43.1 Å². The van der Waals surface area contributed by atoms with Gasteiger partial charge in [0.25, 0.3) is 0 Å². The highest BCUT2D eigenvalue weighted by Crippen LogP contribution is 2.25. The lowest BCUT2D eigenvalue weighted by molar-refractivity contribution is -0.0640. The smallest absolute Gasteiger partial charge is 0.246 e. The molecule has 5 nitrogen and oxygen atoms in total. The Balaban J connectivity index is 2.35. The molecule has 1 aromatic rings. The highest BCUT2D eigenvalue weighted by atomic mass is 32.2. The number of sulfonamides is 1. The topological polar surface area (TPSA) is 66.8 Å². The maximum Gasteiger partial charge on any atom is 0.246 e. The molecule has 0 saturated carbocycles. The second-order valence-corrected chi connectivity index (χ2v) is 7.28. The number of halogens is 1. The quantitative estimate of drug-likeness (QED) is 0.908. The Labute approximate surface area is 118 Å². The molecule has 0 aliphatic carbocycles. The second kappa shape index (κ2) is 5.40. The van der Waals surface area contributed by atoms with Crippen molar-refractivity contribution in [3.05, 3.63) is 29.6 Å². The molecular formula is C13H18FNO4S. The Hall–Kier alpha value is -1.02. The van der Waals surface area contributed by atoms with Crippen molar-refractivity contribution in [1.29, 1.82) is 0 Å². The van der Waals surface area contributed by atoms with Gasteiger partial charge in [0.05, 0.1) is 18.8 Å². The first-order valence-corrected chi connectivity index (χ1v) is 7.74. The van der Waals surface area contributed by atoms with Crippen LogP contribution in [-0.2, 0) is 21.4 Å². The van der Waals surface area contributed by atoms with Gasteiger partial charge in [-0.2, -0.15) is 4.31 Å². The zero-order valence-electron chi connectivity index (χ0n) is 11.5. The zero-order valence-corrected chi connectivity index (χ0v) is 12.3. The number of benzene rings is 1. The molecule has 1 aromatic carbocycles. The van der Waals surface area contributed by atoms with E-state index in [9.17, 15) is 12.8 Å². The Morgan fingerprint density at radius 1 is 1.45 bits per heavy atom. The number of morpholine rings is 1. The van der Waals surface area contributed by atoms with Crippen LogP contribution in [0.3, 0.4) is 0 Å². The zero-order chi connectivity index (χ0) is 15.0. The maximum absolute atomic E-state index is 13.9. The third-order valence-electron chi connectivity index (χ3n) is 3.19. The highest BCUT2D eigenvalue weighted by molar-refractivity contribution is 7.89. The van der Waals surface area contributed by atoms with E-state index < -0.39 is 21.4 Å². The molecule has 7 heteroatoms. The van der Waals surface area contributed by atoms with Gasteiger partial charge in [0.1, 0.15) is 10.7 Å². The molecule has 1 fully saturated rings. The molecule has 0 amide bonds. The van der Waals surface area contributed by atoms with Crippen LogP contribution in [0.15, 0.2) is 23.1 Å². The van der Waals surface area contributed by atoms with E-state index in [1.807, 2.05) is 0 Å². The van der Waals surface area contributed by atoms with E-state index in [-0.39, 0.29) is 31.2 Å². The molecule has 0 aromatic heterocycles. The third kappa shape index (κ3) is 3.01. The average molecular weight is 303 g/mol. The second-order valence-electron chi connectivity index (χ2n) is 5.37. The fourth-order valence-corrected chi connectivity index (χ4v) is 3.79. The molecule has 0 radical (unpaired) electrons. The van der Waals surface area contributed by atoms with Gasteiger partial charge in [-0.3, -0.25) is 0 Å². The standard InChI is InChI=1S/C13H18FNO4S/c1-13(2)9-15(5-6-19-13)20(17,18)12-4-3-10(8-16)7-11(12)14/h3-4,7,16H,5-6,8-9H2,1-2H3. The predicted molar refractivity (Wildman–Crippen MR) is 71.1 cm³/mol. The van der Waals surface area contributed by atoms with Crippen molar-refractivity contribution in [2.75, 3.05) is 19.7 Å². The maximum atomic E-state index is 13.9. The summed E-state index contributed by atoms with van der Waals surface area (Å²) in [5.41, 5.74) is -0.254. The molecule has 0 bridgehead atoms. The van der Waals surface area contributed by atoms with Crippen LogP contribution >= 0.6 is 0 Å². The molecule has 0 spiro atoms. The van der Waals surface area contributed by atoms with Crippen LogP contribution in [0.1, 0.15) is 19.4 Å². The van der Waals surface area contributed by atoms with E-state index >= 15 is 0 Å². The predicted octanol–water partition coefficient (Wildman–Crippen LogP) is 1.12. The molecule has 0 atom stereocenters. The van der Waals surface area contributed by atoms with Crippen molar-refractivity contribution in [3.63, 3.8) is 0 Å². The Kier molecular flexibility index (Phi) is 4.15. The van der Waals surface area contributed by atoms with Crippen LogP contribution in [0.25, 0.3) is 0 Å². The Morgan fingerprint density at radius 2 is 2.15 bits per heavy atom. The number of ether oxygens (including phenoxy) is 1. The van der Waals surface area contributed by atoms with E-state index in [4.69, 9.17) is 9.84 Å². The fraction of sp³-hybridized carbons (Fsp3) is 0.538. The number of hydrogen-bond donors (Lipinski definition) is 1. The van der Waals surface area contributed by atoms with Gasteiger partial charge in [-0.05, 0) is 31.5 Å². The minimum atomic E-state index is -3.89. The molecule has 2 rings (SSSR count). The van der Waals surface area contributed by atoms with Crippen molar-refractivity contribution >= 4 is 10.0 Å². The summed E-state index contributed by atoms with van der Waals surface area (Å²) in [5.74, 6) is -0.846. The van der Waals surface area contributed by atoms with Crippen molar-refractivity contribution in [1.82, 2.24) is 4.31 Å². The van der Waals surface area contributed by atoms with Gasteiger partial charge in [-0.25, -0.2) is 12.8 Å². The minimum absolute atomic E-state index is 0.177. The summed E-state index contributed by atoms with van der Waals surface area (Å²) in [4.78, 5) is -0.368. The summed E-state index contributed by atoms with van der Waals surface area (Å²) < 4.78 is 45.5. The van der Waals surface area contributed by atoms with Gasteiger partial charge in [0, 0.05) is 13.1 Å². The summed E-state index contributed by atoms with van der Waals surface area (Å²) in [6.45, 7) is 3.91. The summed E-state index contributed by atoms with van der Waals surface area (Å²) >= 11 is 0. The minimum Gasteiger partial charge on any atom is -0.392 e. The fourth-order valence-electron chi connectivity index (χ4n) is 2.17. The first-order valence-electron chi connectivity index (χ1n) is 6.30. The van der Waals surface area contributed by atoms with E-state index in [0.29, 0.717) is 5.56 Å². The van der Waals surface area contributed by atoms with Crippen molar-refractivity contribution in [3.8, 4) is 0 Å². The molecule has 1 aliphatic heterocycles. The normalized spacial score (nSPS) is 20.0. The SMILES string of the molecule is CC1(C)CN(S(=O)(=O)c2ccc(CO)cc2F)CCO1. The number of hydrogen-bond acceptors (Lipinski definition) is 4. The van der Waals surface area contributed by atoms with Gasteiger partial charge in [0.15, 0.2) is 0 Å². The van der Waals surface area contributed by atoms with E-state index in [1.54, 1.807) is 13.8 Å². The van der Waals surface area contributed by atoms with Gasteiger partial charge in [0.2, 0.25) is 10.0 Å². The number of aliphatic hydroxyl groups excluding tert-OH is 1. The lowest BCUT2D eigenvalue weighted by atomic mass is 10.1. The van der Waals surface area contributed by atoms with Crippen LogP contribution in [0, 0.1) is 5.82 Å². The van der Waals surface area contributed by atoms with Crippen LogP contribution in [0.4, 0.5) is 4.39 Å². The Morgan fingerprint density at radius 3 is 2.70 bits per heavy atom. The van der Waals surface area contributed by atoms with Gasteiger partial charge >= 0.3 is 0 Å². The van der Waals surface area contributed by atoms with Crippen molar-refractivity contribution < 1.29 is 22.7 Å². The third-order valence-corrected chi connectivity index (χ3v) is 5.07. The largest absolute Gasteiger partial charge is 0.392 e. The molecule has 20 heavy (non-hydrogen) atoms. The van der Waals surface area contributed by atoms with Gasteiger partial charge in [-0.1, -0.05) is 6.07 Å². The molecular weight excluding hydrogens is 285 g/mol. The molecule has 1 aliphatic rings. The molecule has 112 valence electrons. The summed E-state index contributed by atoms with van der Waals surface area (Å²) in [7, 11) is -3.89. The number of rotatable bonds is 3. The summed E-state index contributed by atoms with van der Waals surface area (Å²) in [6, 6.07) is 3.64. The first-order chi connectivity index (χ1) is 9.26. The van der Waals surface area contributed by atoms with Crippen LogP contribution in [0.5, 0.6) is 0 Å². The first kappa shape index (κ1) is 15.4. The molecule has 1 heterocycles. The number of aliphatic hydroxyl groups is 1. The molecule has 1 N–H and O–H groups in total. The van der Waals surface area contributed by atoms with Gasteiger partial charge in [-0.15, -0.1) is 0 Å². The van der Waals surface area contributed by atoms with Crippen molar-refractivity contribution in [2.45, 2.75) is 31.0 Å². The summed E-state index contributed by atoms with van der Waals surface area (Å²) in [5, 5.41) is 8.93.